The maximum atomic E-state index is 8.49. The van der Waals surface area contributed by atoms with E-state index in [1.165, 1.54) is 6.33 Å². The van der Waals surface area contributed by atoms with Crippen molar-refractivity contribution in [2.75, 3.05) is 12.4 Å². The number of rotatable bonds is 4. The van der Waals surface area contributed by atoms with Crippen LogP contribution >= 0.6 is 11.8 Å². The summed E-state index contributed by atoms with van der Waals surface area (Å²) in [4.78, 5) is 7.84. The SMILES string of the molecule is OCCSCc1ccncn1. The summed E-state index contributed by atoms with van der Waals surface area (Å²) in [7, 11) is 0. The van der Waals surface area contributed by atoms with E-state index >= 15 is 0 Å². The lowest BCUT2D eigenvalue weighted by Crippen LogP contribution is -1.90. The molecule has 4 heteroatoms. The number of aliphatic hydroxyl groups excluding tert-OH is 1. The van der Waals surface area contributed by atoms with Gasteiger partial charge in [-0.3, -0.25) is 0 Å². The second kappa shape index (κ2) is 5.09. The van der Waals surface area contributed by atoms with Crippen molar-refractivity contribution in [1.82, 2.24) is 9.97 Å². The van der Waals surface area contributed by atoms with Crippen LogP contribution in [-0.2, 0) is 5.75 Å². The van der Waals surface area contributed by atoms with E-state index in [0.717, 1.165) is 17.2 Å². The van der Waals surface area contributed by atoms with Crippen LogP contribution in [0.1, 0.15) is 5.69 Å². The summed E-state index contributed by atoms with van der Waals surface area (Å²) in [6, 6.07) is 1.88. The van der Waals surface area contributed by atoms with Crippen molar-refractivity contribution >= 4 is 11.8 Å². The Kier molecular flexibility index (Phi) is 3.93. The summed E-state index contributed by atoms with van der Waals surface area (Å²) in [6.07, 6.45) is 3.26. The van der Waals surface area contributed by atoms with Crippen molar-refractivity contribution in [3.63, 3.8) is 0 Å². The number of nitrogens with zero attached hydrogens (tertiary/aromatic N) is 2. The fourth-order valence-electron chi connectivity index (χ4n) is 0.645. The third kappa shape index (κ3) is 3.34. The van der Waals surface area contributed by atoms with Crippen molar-refractivity contribution in [2.45, 2.75) is 5.75 Å². The Bertz CT molecular complexity index is 193. The lowest BCUT2D eigenvalue weighted by atomic mass is 10.5. The monoisotopic (exact) mass is 170 g/mol. The molecule has 60 valence electrons. The highest BCUT2D eigenvalue weighted by Gasteiger charge is 1.91. The Morgan fingerprint density at radius 3 is 3.09 bits per heavy atom. The van der Waals surface area contributed by atoms with E-state index in [4.69, 9.17) is 5.11 Å². The van der Waals surface area contributed by atoms with Gasteiger partial charge in [-0.1, -0.05) is 0 Å². The Balaban J connectivity index is 2.28. The molecule has 11 heavy (non-hydrogen) atoms. The van der Waals surface area contributed by atoms with Crippen molar-refractivity contribution < 1.29 is 5.11 Å². The summed E-state index contributed by atoms with van der Waals surface area (Å²) < 4.78 is 0. The zero-order valence-corrected chi connectivity index (χ0v) is 6.92. The summed E-state index contributed by atoms with van der Waals surface area (Å²) in [5.41, 5.74) is 1.01. The van der Waals surface area contributed by atoms with Crippen LogP contribution in [0.5, 0.6) is 0 Å². The maximum absolute atomic E-state index is 8.49. The molecular formula is C7H10N2OS. The van der Waals surface area contributed by atoms with Gasteiger partial charge in [0.1, 0.15) is 6.33 Å². The summed E-state index contributed by atoms with van der Waals surface area (Å²) >= 11 is 1.67. The van der Waals surface area contributed by atoms with Crippen molar-refractivity contribution in [3.05, 3.63) is 24.3 Å². The van der Waals surface area contributed by atoms with E-state index in [2.05, 4.69) is 9.97 Å². The third-order valence-corrected chi connectivity index (χ3v) is 2.10. The molecule has 0 bridgehead atoms. The van der Waals surface area contributed by atoms with Gasteiger partial charge in [-0.15, -0.1) is 0 Å². The van der Waals surface area contributed by atoms with Crippen LogP contribution in [-0.4, -0.2) is 27.4 Å². The summed E-state index contributed by atoms with van der Waals surface area (Å²) in [6.45, 7) is 0.232. The van der Waals surface area contributed by atoms with E-state index in [0.29, 0.717) is 0 Å². The predicted molar refractivity (Wildman–Crippen MR) is 45.3 cm³/mol. The average molecular weight is 170 g/mol. The minimum atomic E-state index is 0.232. The standard InChI is InChI=1S/C7H10N2OS/c10-3-4-11-5-7-1-2-8-6-9-7/h1-2,6,10H,3-5H2. The van der Waals surface area contributed by atoms with E-state index in [9.17, 15) is 0 Å². The molecule has 0 atom stereocenters. The first-order valence-corrected chi connectivity index (χ1v) is 4.52. The molecule has 0 saturated heterocycles. The first-order valence-electron chi connectivity index (χ1n) is 3.37. The van der Waals surface area contributed by atoms with E-state index in [1.54, 1.807) is 18.0 Å². The maximum Gasteiger partial charge on any atom is 0.115 e. The minimum Gasteiger partial charge on any atom is -0.396 e. The van der Waals surface area contributed by atoms with Crippen molar-refractivity contribution in [3.8, 4) is 0 Å². The second-order valence-electron chi connectivity index (χ2n) is 1.98. The molecule has 0 aliphatic heterocycles. The molecular weight excluding hydrogens is 160 g/mol. The molecule has 0 amide bonds. The van der Waals surface area contributed by atoms with E-state index in [1.807, 2.05) is 6.07 Å². The smallest absolute Gasteiger partial charge is 0.115 e. The summed E-state index contributed by atoms with van der Waals surface area (Å²) in [5.74, 6) is 1.62. The molecule has 0 radical (unpaired) electrons. The van der Waals surface area contributed by atoms with Gasteiger partial charge in [-0.05, 0) is 6.07 Å². The van der Waals surface area contributed by atoms with Gasteiger partial charge in [0.05, 0.1) is 12.3 Å². The number of thioether (sulfide) groups is 1. The van der Waals surface area contributed by atoms with Gasteiger partial charge >= 0.3 is 0 Å². The Hall–Kier alpha value is -0.610. The van der Waals surface area contributed by atoms with Gasteiger partial charge in [0.2, 0.25) is 0 Å². The fourth-order valence-corrected chi connectivity index (χ4v) is 1.30. The van der Waals surface area contributed by atoms with Crippen molar-refractivity contribution in [1.29, 1.82) is 0 Å². The minimum absolute atomic E-state index is 0.232. The normalized spacial score (nSPS) is 9.91. The second-order valence-corrected chi connectivity index (χ2v) is 3.08. The largest absolute Gasteiger partial charge is 0.396 e. The molecule has 0 fully saturated rings. The Labute approximate surface area is 69.9 Å². The van der Waals surface area contributed by atoms with Crippen LogP contribution in [0.25, 0.3) is 0 Å². The molecule has 1 N–H and O–H groups in total. The highest BCUT2D eigenvalue weighted by atomic mass is 32.2. The number of aromatic nitrogens is 2. The molecule has 1 aromatic rings. The molecule has 0 spiro atoms. The average Bonchev–Trinajstić information content (AvgIpc) is 2.07. The van der Waals surface area contributed by atoms with Gasteiger partial charge in [-0.2, -0.15) is 11.8 Å². The topological polar surface area (TPSA) is 46.0 Å². The zero-order chi connectivity index (χ0) is 7.94. The first-order chi connectivity index (χ1) is 5.43. The molecule has 0 aromatic carbocycles. The number of hydrogen-bond acceptors (Lipinski definition) is 4. The molecule has 1 heterocycles. The Morgan fingerprint density at radius 1 is 1.55 bits per heavy atom. The number of hydrogen-bond donors (Lipinski definition) is 1. The van der Waals surface area contributed by atoms with E-state index in [-0.39, 0.29) is 6.61 Å². The van der Waals surface area contributed by atoms with Gasteiger partial charge in [0.25, 0.3) is 0 Å². The third-order valence-electron chi connectivity index (χ3n) is 1.13. The van der Waals surface area contributed by atoms with Crippen LogP contribution in [0.4, 0.5) is 0 Å². The van der Waals surface area contributed by atoms with Gasteiger partial charge in [0.15, 0.2) is 0 Å². The van der Waals surface area contributed by atoms with Crippen LogP contribution < -0.4 is 0 Å². The van der Waals surface area contributed by atoms with Gasteiger partial charge in [0, 0.05) is 17.7 Å². The molecule has 1 rings (SSSR count). The molecule has 0 saturated carbocycles. The quantitative estimate of drug-likeness (QED) is 0.676. The number of aliphatic hydroxyl groups is 1. The Morgan fingerprint density at radius 2 is 2.45 bits per heavy atom. The predicted octanol–water partition coefficient (Wildman–Crippen LogP) is 0.702. The van der Waals surface area contributed by atoms with Crippen LogP contribution in [0, 0.1) is 0 Å². The highest BCUT2D eigenvalue weighted by Crippen LogP contribution is 2.07. The highest BCUT2D eigenvalue weighted by molar-refractivity contribution is 7.98. The van der Waals surface area contributed by atoms with Gasteiger partial charge in [-0.25, -0.2) is 9.97 Å². The molecule has 0 aliphatic carbocycles. The van der Waals surface area contributed by atoms with Crippen LogP contribution in [0.3, 0.4) is 0 Å². The van der Waals surface area contributed by atoms with Crippen molar-refractivity contribution in [2.24, 2.45) is 0 Å². The van der Waals surface area contributed by atoms with E-state index < -0.39 is 0 Å². The fraction of sp³-hybridized carbons (Fsp3) is 0.429. The van der Waals surface area contributed by atoms with Crippen LogP contribution in [0.15, 0.2) is 18.6 Å². The lowest BCUT2D eigenvalue weighted by Gasteiger charge is -1.96. The molecule has 0 aliphatic rings. The summed E-state index contributed by atoms with van der Waals surface area (Å²) in [5, 5.41) is 8.49. The lowest BCUT2D eigenvalue weighted by molar-refractivity contribution is 0.322. The molecule has 3 nitrogen and oxygen atoms in total. The van der Waals surface area contributed by atoms with Gasteiger partial charge < -0.3 is 5.11 Å². The van der Waals surface area contributed by atoms with Crippen LogP contribution in [0.2, 0.25) is 0 Å². The first kappa shape index (κ1) is 8.49. The molecule has 1 aromatic heterocycles. The molecule has 0 unspecified atom stereocenters. The zero-order valence-electron chi connectivity index (χ0n) is 6.10.